The molecule has 0 aliphatic carbocycles. The molecule has 3 heterocycles. The molecule has 0 bridgehead atoms. The molecule has 5 nitrogen and oxygen atoms in total. The Hall–Kier alpha value is -2.34. The molecule has 1 aromatic carbocycles. The van der Waals surface area contributed by atoms with E-state index in [1.165, 1.54) is 0 Å². The third-order valence-electron chi connectivity index (χ3n) is 5.03. The van der Waals surface area contributed by atoms with Crippen molar-refractivity contribution in [3.63, 3.8) is 0 Å². The number of nitrogens with zero attached hydrogens (tertiary/aromatic N) is 2. The Morgan fingerprint density at radius 3 is 2.96 bits per heavy atom. The Labute approximate surface area is 151 Å². The minimum atomic E-state index is -0.113. The highest BCUT2D eigenvalue weighted by molar-refractivity contribution is 7.09. The number of piperidine rings is 1. The van der Waals surface area contributed by atoms with Crippen LogP contribution in [-0.2, 0) is 11.3 Å². The number of benzene rings is 1. The lowest BCUT2D eigenvalue weighted by atomic mass is 9.96. The molecule has 0 radical (unpaired) electrons. The van der Waals surface area contributed by atoms with Crippen LogP contribution in [0, 0.1) is 0 Å². The zero-order valence-electron chi connectivity index (χ0n) is 14.2. The van der Waals surface area contributed by atoms with Gasteiger partial charge in [0.25, 0.3) is 5.91 Å². The van der Waals surface area contributed by atoms with Crippen molar-refractivity contribution in [2.45, 2.75) is 31.8 Å². The minimum absolute atomic E-state index is 0.0512. The van der Waals surface area contributed by atoms with E-state index in [4.69, 9.17) is 0 Å². The highest BCUT2D eigenvalue weighted by Gasteiger charge is 2.37. The molecule has 2 amide bonds. The van der Waals surface area contributed by atoms with Crippen LogP contribution in [0.25, 0.3) is 0 Å². The summed E-state index contributed by atoms with van der Waals surface area (Å²) >= 11 is 1.62. The van der Waals surface area contributed by atoms with Gasteiger partial charge in [0.2, 0.25) is 5.91 Å². The van der Waals surface area contributed by atoms with E-state index in [2.05, 4.69) is 10.2 Å². The van der Waals surface area contributed by atoms with Gasteiger partial charge in [-0.1, -0.05) is 6.07 Å². The Bertz CT molecular complexity index is 803. The lowest BCUT2D eigenvalue weighted by molar-refractivity contribution is -0.120. The number of rotatable bonds is 3. The fourth-order valence-electron chi connectivity index (χ4n) is 3.68. The van der Waals surface area contributed by atoms with Gasteiger partial charge in [0.05, 0.1) is 17.9 Å². The van der Waals surface area contributed by atoms with Gasteiger partial charge in [0.15, 0.2) is 0 Å². The van der Waals surface area contributed by atoms with Crippen molar-refractivity contribution >= 4 is 34.5 Å². The Balaban J connectivity index is 1.58. The number of carbonyl (C=O) groups excluding carboxylic acids is 2. The monoisotopic (exact) mass is 355 g/mol. The van der Waals surface area contributed by atoms with E-state index in [9.17, 15) is 9.59 Å². The molecule has 4 rings (SSSR count). The Kier molecular flexibility index (Phi) is 4.21. The third-order valence-corrected chi connectivity index (χ3v) is 5.91. The minimum Gasteiger partial charge on any atom is -0.358 e. The van der Waals surface area contributed by atoms with E-state index in [0.717, 1.165) is 42.1 Å². The average molecular weight is 355 g/mol. The van der Waals surface area contributed by atoms with Crippen molar-refractivity contribution < 1.29 is 9.59 Å². The van der Waals surface area contributed by atoms with E-state index >= 15 is 0 Å². The molecule has 130 valence electrons. The molecule has 2 aliphatic rings. The zero-order chi connectivity index (χ0) is 17.4. The summed E-state index contributed by atoms with van der Waals surface area (Å²) in [4.78, 5) is 30.2. The molecule has 2 aliphatic heterocycles. The largest absolute Gasteiger partial charge is 0.358 e. The highest BCUT2D eigenvalue weighted by Crippen LogP contribution is 2.39. The Morgan fingerprint density at radius 2 is 2.16 bits per heavy atom. The molecule has 25 heavy (non-hydrogen) atoms. The van der Waals surface area contributed by atoms with Crippen LogP contribution in [0.3, 0.4) is 0 Å². The van der Waals surface area contributed by atoms with E-state index < -0.39 is 0 Å². The summed E-state index contributed by atoms with van der Waals surface area (Å²) in [6.07, 6.45) is 3.11. The van der Waals surface area contributed by atoms with Gasteiger partial charge in [-0.2, -0.15) is 0 Å². The fraction of sp³-hybridized carbons (Fsp3) is 0.368. The predicted octanol–water partition coefficient (Wildman–Crippen LogP) is 3.01. The van der Waals surface area contributed by atoms with Gasteiger partial charge in [-0.15, -0.1) is 11.3 Å². The maximum Gasteiger partial charge on any atom is 0.251 e. The molecule has 1 fully saturated rings. The smallest absolute Gasteiger partial charge is 0.251 e. The lowest BCUT2D eigenvalue weighted by Gasteiger charge is -2.44. The van der Waals surface area contributed by atoms with Crippen LogP contribution in [0.5, 0.6) is 0 Å². The van der Waals surface area contributed by atoms with Crippen LogP contribution in [0.4, 0.5) is 11.4 Å². The molecule has 1 atom stereocenters. The third kappa shape index (κ3) is 2.91. The van der Waals surface area contributed by atoms with E-state index in [0.29, 0.717) is 12.1 Å². The van der Waals surface area contributed by atoms with Crippen molar-refractivity contribution in [2.75, 3.05) is 23.4 Å². The van der Waals surface area contributed by atoms with Crippen LogP contribution in [0.15, 0.2) is 35.7 Å². The molecule has 1 saturated heterocycles. The topological polar surface area (TPSA) is 52.7 Å². The first-order chi connectivity index (χ1) is 12.1. The normalized spacial score (nSPS) is 19.4. The molecular weight excluding hydrogens is 334 g/mol. The van der Waals surface area contributed by atoms with E-state index in [1.54, 1.807) is 23.3 Å². The number of amides is 2. The van der Waals surface area contributed by atoms with Crippen molar-refractivity contribution in [3.8, 4) is 0 Å². The fourth-order valence-corrected chi connectivity index (χ4v) is 4.32. The second-order valence-corrected chi connectivity index (χ2v) is 7.60. The predicted molar refractivity (Wildman–Crippen MR) is 100 cm³/mol. The number of hydrogen-bond donors (Lipinski definition) is 1. The van der Waals surface area contributed by atoms with Crippen LogP contribution >= 0.6 is 11.3 Å². The summed E-state index contributed by atoms with van der Waals surface area (Å²) in [6.45, 7) is 1.43. The maximum absolute atomic E-state index is 12.7. The van der Waals surface area contributed by atoms with E-state index in [-0.39, 0.29) is 17.9 Å². The van der Waals surface area contributed by atoms with Crippen molar-refractivity contribution in [1.29, 1.82) is 0 Å². The van der Waals surface area contributed by atoms with Crippen molar-refractivity contribution in [2.24, 2.45) is 0 Å². The quantitative estimate of drug-likeness (QED) is 0.921. The van der Waals surface area contributed by atoms with Crippen molar-refractivity contribution in [1.82, 2.24) is 5.32 Å². The maximum atomic E-state index is 12.7. The SMILES string of the molecule is CN1C(=O)C2CCCCN2c2ccc(C(=O)NCc3cccs3)cc21. The number of carbonyl (C=O) groups is 2. The van der Waals surface area contributed by atoms with Gasteiger partial charge in [-0.3, -0.25) is 9.59 Å². The summed E-state index contributed by atoms with van der Waals surface area (Å²) in [7, 11) is 1.81. The summed E-state index contributed by atoms with van der Waals surface area (Å²) in [6, 6.07) is 9.60. The number of anilines is 2. The number of nitrogens with one attached hydrogen (secondary N) is 1. The first kappa shape index (κ1) is 16.1. The Morgan fingerprint density at radius 1 is 1.28 bits per heavy atom. The first-order valence-corrected chi connectivity index (χ1v) is 9.52. The van der Waals surface area contributed by atoms with Gasteiger partial charge in [0, 0.05) is 24.0 Å². The number of thiophene rings is 1. The number of hydrogen-bond acceptors (Lipinski definition) is 4. The van der Waals surface area contributed by atoms with Crippen LogP contribution in [0.2, 0.25) is 0 Å². The molecule has 1 aromatic heterocycles. The summed E-state index contributed by atoms with van der Waals surface area (Å²) in [5, 5.41) is 4.94. The first-order valence-electron chi connectivity index (χ1n) is 8.64. The molecule has 1 unspecified atom stereocenters. The molecule has 6 heteroatoms. The highest BCUT2D eigenvalue weighted by atomic mass is 32.1. The second-order valence-electron chi connectivity index (χ2n) is 6.57. The van der Waals surface area contributed by atoms with E-state index in [1.807, 2.05) is 35.7 Å². The van der Waals surface area contributed by atoms with Gasteiger partial charge in [-0.25, -0.2) is 0 Å². The van der Waals surface area contributed by atoms with Gasteiger partial charge >= 0.3 is 0 Å². The number of fused-ring (bicyclic) bond motifs is 3. The lowest BCUT2D eigenvalue weighted by Crippen LogP contribution is -2.54. The molecule has 1 N–H and O–H groups in total. The molecule has 0 saturated carbocycles. The summed E-state index contributed by atoms with van der Waals surface area (Å²) in [5.74, 6) is 0.0150. The number of likely N-dealkylation sites (N-methyl/N-ethyl adjacent to an activating group) is 1. The second kappa shape index (κ2) is 6.52. The standard InChI is InChI=1S/C19H21N3O2S/c1-21-17-11-13(18(23)20-12-14-5-4-10-25-14)7-8-15(17)22-9-3-2-6-16(22)19(21)24/h4-5,7-8,10-11,16H,2-3,6,9,12H2,1H3,(H,20,23). The molecule has 2 aromatic rings. The summed E-state index contributed by atoms with van der Waals surface area (Å²) in [5.41, 5.74) is 2.47. The van der Waals surface area contributed by atoms with Crippen LogP contribution < -0.4 is 15.1 Å². The van der Waals surface area contributed by atoms with Crippen LogP contribution in [0.1, 0.15) is 34.5 Å². The van der Waals surface area contributed by atoms with Crippen molar-refractivity contribution in [3.05, 3.63) is 46.2 Å². The molecular formula is C19H21N3O2S. The van der Waals surface area contributed by atoms with Crippen LogP contribution in [-0.4, -0.2) is 31.4 Å². The van der Waals surface area contributed by atoms with Gasteiger partial charge in [0.1, 0.15) is 6.04 Å². The summed E-state index contributed by atoms with van der Waals surface area (Å²) < 4.78 is 0. The molecule has 0 spiro atoms. The zero-order valence-corrected chi connectivity index (χ0v) is 15.0. The van der Waals surface area contributed by atoms with Gasteiger partial charge in [-0.05, 0) is 48.9 Å². The van der Waals surface area contributed by atoms with Gasteiger partial charge < -0.3 is 15.1 Å². The average Bonchev–Trinajstić information content (AvgIpc) is 3.17.